The standard InChI is InChI=1S/C21H30N4O4S/c26-18(23-25-19(27)21(22-20(25)28)9-2-1-3-10-21)8-11-24(14-16-6-4-12-29-16)15-17-7-5-13-30-17/h5,7,13,16H,1-4,6,8-12,14-15H2,(H,22,28)(H,23,26). The smallest absolute Gasteiger partial charge is 0.344 e. The van der Waals surface area contributed by atoms with Crippen molar-refractivity contribution in [2.45, 2.75) is 69.6 Å². The third kappa shape index (κ3) is 4.84. The van der Waals surface area contributed by atoms with Crippen molar-refractivity contribution in [2.24, 2.45) is 0 Å². The zero-order valence-electron chi connectivity index (χ0n) is 17.2. The first-order valence-corrected chi connectivity index (χ1v) is 11.8. The van der Waals surface area contributed by atoms with Crippen molar-refractivity contribution in [1.82, 2.24) is 20.7 Å². The molecule has 1 aromatic heterocycles. The fourth-order valence-electron chi connectivity index (χ4n) is 4.59. The van der Waals surface area contributed by atoms with Crippen LogP contribution in [0.15, 0.2) is 17.5 Å². The second-order valence-electron chi connectivity index (χ2n) is 8.45. The lowest BCUT2D eigenvalue weighted by Crippen LogP contribution is -2.51. The van der Waals surface area contributed by atoms with E-state index < -0.39 is 11.6 Å². The summed E-state index contributed by atoms with van der Waals surface area (Å²) in [5.41, 5.74) is 1.71. The largest absolute Gasteiger partial charge is 0.377 e. The minimum atomic E-state index is -0.826. The second kappa shape index (κ2) is 9.45. The molecule has 2 N–H and O–H groups in total. The van der Waals surface area contributed by atoms with Crippen LogP contribution in [0.4, 0.5) is 4.79 Å². The lowest BCUT2D eigenvalue weighted by Gasteiger charge is -2.30. The van der Waals surface area contributed by atoms with Gasteiger partial charge in [0.2, 0.25) is 5.91 Å². The summed E-state index contributed by atoms with van der Waals surface area (Å²) in [5.74, 6) is -0.648. The summed E-state index contributed by atoms with van der Waals surface area (Å²) in [6, 6.07) is 3.59. The highest BCUT2D eigenvalue weighted by Crippen LogP contribution is 2.33. The Morgan fingerprint density at radius 1 is 1.30 bits per heavy atom. The monoisotopic (exact) mass is 434 g/mol. The van der Waals surface area contributed by atoms with Crippen LogP contribution in [0.3, 0.4) is 0 Å². The number of hydrazine groups is 1. The molecule has 1 aromatic rings. The van der Waals surface area contributed by atoms with Crippen LogP contribution in [-0.4, -0.2) is 59.1 Å². The van der Waals surface area contributed by atoms with E-state index in [9.17, 15) is 14.4 Å². The van der Waals surface area contributed by atoms with Crippen LogP contribution in [0.5, 0.6) is 0 Å². The molecule has 1 spiro atoms. The molecule has 4 amide bonds. The van der Waals surface area contributed by atoms with Gasteiger partial charge in [0.05, 0.1) is 6.10 Å². The fraction of sp³-hybridized carbons (Fsp3) is 0.667. The first kappa shape index (κ1) is 21.3. The summed E-state index contributed by atoms with van der Waals surface area (Å²) in [6.45, 7) is 2.87. The second-order valence-corrected chi connectivity index (χ2v) is 9.48. The minimum absolute atomic E-state index is 0.199. The number of nitrogens with one attached hydrogen (secondary N) is 2. The average Bonchev–Trinajstić information content (AvgIpc) is 3.48. The molecule has 1 saturated carbocycles. The number of thiophene rings is 1. The third-order valence-electron chi connectivity index (χ3n) is 6.21. The molecular weight excluding hydrogens is 404 g/mol. The number of ether oxygens (including phenoxy) is 1. The van der Waals surface area contributed by atoms with Gasteiger partial charge in [-0.1, -0.05) is 25.3 Å². The van der Waals surface area contributed by atoms with E-state index in [0.717, 1.165) is 56.8 Å². The van der Waals surface area contributed by atoms with Gasteiger partial charge in [-0.05, 0) is 37.1 Å². The van der Waals surface area contributed by atoms with Gasteiger partial charge in [0.1, 0.15) is 5.54 Å². The van der Waals surface area contributed by atoms with Gasteiger partial charge >= 0.3 is 6.03 Å². The summed E-state index contributed by atoms with van der Waals surface area (Å²) < 4.78 is 5.76. The molecular formula is C21H30N4O4S. The number of hydrogen-bond donors (Lipinski definition) is 2. The number of carbonyl (C=O) groups is 3. The van der Waals surface area contributed by atoms with Gasteiger partial charge in [-0.2, -0.15) is 5.01 Å². The predicted octanol–water partition coefficient (Wildman–Crippen LogP) is 2.41. The molecule has 3 aliphatic rings. The molecule has 9 heteroatoms. The molecule has 164 valence electrons. The summed E-state index contributed by atoms with van der Waals surface area (Å²) in [6.07, 6.45) is 6.70. The maximum absolute atomic E-state index is 12.8. The molecule has 1 atom stereocenters. The number of rotatable bonds is 8. The lowest BCUT2D eigenvalue weighted by atomic mass is 9.82. The molecule has 0 aromatic carbocycles. The molecule has 1 unspecified atom stereocenters. The quantitative estimate of drug-likeness (QED) is 0.613. The Labute approximate surface area is 180 Å². The first-order chi connectivity index (χ1) is 14.6. The maximum atomic E-state index is 12.8. The van der Waals surface area contributed by atoms with E-state index in [1.54, 1.807) is 11.3 Å². The molecule has 2 saturated heterocycles. The van der Waals surface area contributed by atoms with Gasteiger partial charge in [-0.25, -0.2) is 4.79 Å². The molecule has 4 rings (SSSR count). The summed E-state index contributed by atoms with van der Waals surface area (Å²) in [7, 11) is 0. The molecule has 0 bridgehead atoms. The van der Waals surface area contributed by atoms with Crippen LogP contribution in [0, 0.1) is 0 Å². The Balaban J connectivity index is 1.31. The van der Waals surface area contributed by atoms with Crippen LogP contribution in [0.1, 0.15) is 56.2 Å². The predicted molar refractivity (Wildman–Crippen MR) is 113 cm³/mol. The average molecular weight is 435 g/mol. The van der Waals surface area contributed by atoms with Gasteiger partial charge in [-0.3, -0.25) is 19.9 Å². The molecule has 2 aliphatic heterocycles. The van der Waals surface area contributed by atoms with E-state index in [1.807, 2.05) is 11.4 Å². The van der Waals surface area contributed by atoms with E-state index in [0.29, 0.717) is 19.4 Å². The highest BCUT2D eigenvalue weighted by atomic mass is 32.1. The molecule has 30 heavy (non-hydrogen) atoms. The zero-order chi connectivity index (χ0) is 21.0. The van der Waals surface area contributed by atoms with Gasteiger partial charge in [0.15, 0.2) is 0 Å². The Morgan fingerprint density at radius 3 is 2.83 bits per heavy atom. The molecule has 8 nitrogen and oxygen atoms in total. The molecule has 3 heterocycles. The van der Waals surface area contributed by atoms with Crippen LogP contribution >= 0.6 is 11.3 Å². The van der Waals surface area contributed by atoms with Gasteiger partial charge in [0.25, 0.3) is 5.91 Å². The number of hydrogen-bond acceptors (Lipinski definition) is 6. The first-order valence-electron chi connectivity index (χ1n) is 10.9. The highest BCUT2D eigenvalue weighted by Gasteiger charge is 2.52. The van der Waals surface area contributed by atoms with Gasteiger partial charge < -0.3 is 10.1 Å². The van der Waals surface area contributed by atoms with E-state index >= 15 is 0 Å². The van der Waals surface area contributed by atoms with Crippen molar-refractivity contribution in [3.8, 4) is 0 Å². The highest BCUT2D eigenvalue weighted by molar-refractivity contribution is 7.09. The van der Waals surface area contributed by atoms with Crippen LogP contribution in [-0.2, 0) is 20.9 Å². The maximum Gasteiger partial charge on any atom is 0.344 e. The van der Waals surface area contributed by atoms with Crippen molar-refractivity contribution >= 4 is 29.2 Å². The number of urea groups is 1. The van der Waals surface area contributed by atoms with Crippen molar-refractivity contribution in [1.29, 1.82) is 0 Å². The molecule has 0 radical (unpaired) electrons. The third-order valence-corrected chi connectivity index (χ3v) is 7.07. The molecule has 3 fully saturated rings. The van der Waals surface area contributed by atoms with E-state index in [-0.39, 0.29) is 24.3 Å². The summed E-state index contributed by atoms with van der Waals surface area (Å²) in [5, 5.41) is 5.75. The number of carbonyl (C=O) groups excluding carboxylic acids is 3. The van der Waals surface area contributed by atoms with Crippen molar-refractivity contribution in [2.75, 3.05) is 19.7 Å². The van der Waals surface area contributed by atoms with Crippen LogP contribution in [0.25, 0.3) is 0 Å². The number of nitrogens with zero attached hydrogens (tertiary/aromatic N) is 2. The zero-order valence-corrected chi connectivity index (χ0v) is 18.0. The normalized spacial score (nSPS) is 23.4. The fourth-order valence-corrected chi connectivity index (χ4v) is 5.34. The molecule has 1 aliphatic carbocycles. The summed E-state index contributed by atoms with van der Waals surface area (Å²) >= 11 is 1.69. The van der Waals surface area contributed by atoms with Gasteiger partial charge in [-0.15, -0.1) is 11.3 Å². The van der Waals surface area contributed by atoms with E-state index in [1.165, 1.54) is 4.88 Å². The number of imide groups is 1. The Kier molecular flexibility index (Phi) is 6.70. The van der Waals surface area contributed by atoms with Gasteiger partial charge in [0, 0.05) is 37.5 Å². The minimum Gasteiger partial charge on any atom is -0.377 e. The Hall–Kier alpha value is -1.97. The number of amides is 4. The SMILES string of the molecule is O=C(CCN(Cc1cccs1)CC1CCCO1)NN1C(=O)NC2(CCCCC2)C1=O. The van der Waals surface area contributed by atoms with Crippen molar-refractivity contribution in [3.63, 3.8) is 0 Å². The van der Waals surface area contributed by atoms with Crippen LogP contribution in [0.2, 0.25) is 0 Å². The van der Waals surface area contributed by atoms with E-state index in [4.69, 9.17) is 4.74 Å². The Morgan fingerprint density at radius 2 is 2.13 bits per heavy atom. The summed E-state index contributed by atoms with van der Waals surface area (Å²) in [4.78, 5) is 41.2. The van der Waals surface area contributed by atoms with Crippen LogP contribution < -0.4 is 10.7 Å². The van der Waals surface area contributed by atoms with E-state index in [2.05, 4.69) is 21.7 Å². The topological polar surface area (TPSA) is 91.0 Å². The van der Waals surface area contributed by atoms with Crippen molar-refractivity contribution < 1.29 is 19.1 Å². The van der Waals surface area contributed by atoms with Crippen molar-refractivity contribution in [3.05, 3.63) is 22.4 Å². The lowest BCUT2D eigenvalue weighted by molar-refractivity contribution is -0.140. The Bertz CT molecular complexity index is 757.